The Balaban J connectivity index is 2.02. The number of benzene rings is 2. The lowest BCUT2D eigenvalue weighted by molar-refractivity contribution is -0.145. The Labute approximate surface area is 144 Å². The highest BCUT2D eigenvalue weighted by Crippen LogP contribution is 2.29. The van der Waals surface area contributed by atoms with E-state index >= 15 is 0 Å². The lowest BCUT2D eigenvalue weighted by Crippen LogP contribution is -2.09. The molecule has 6 heteroatoms. The summed E-state index contributed by atoms with van der Waals surface area (Å²) in [7, 11) is 0. The second-order valence-corrected chi connectivity index (χ2v) is 5.67. The van der Waals surface area contributed by atoms with Gasteiger partial charge in [0, 0.05) is 10.0 Å². The second kappa shape index (κ2) is 8.20. The van der Waals surface area contributed by atoms with Gasteiger partial charge in [-0.15, -0.1) is 0 Å². The fourth-order valence-electron chi connectivity index (χ4n) is 1.98. The summed E-state index contributed by atoms with van der Waals surface area (Å²) in [5, 5.41) is 11.0. The van der Waals surface area contributed by atoms with Gasteiger partial charge in [-0.2, -0.15) is 0 Å². The van der Waals surface area contributed by atoms with Gasteiger partial charge in [0.25, 0.3) is 0 Å². The maximum absolute atomic E-state index is 11.4. The van der Waals surface area contributed by atoms with E-state index < -0.39 is 12.1 Å². The SMILES string of the molecule is CCOC(=O)CC(O)c1ccc(Oc2cc(Cl)cc(Cl)c2)cc1. The van der Waals surface area contributed by atoms with Crippen molar-refractivity contribution in [2.45, 2.75) is 19.4 Å². The number of esters is 1. The van der Waals surface area contributed by atoms with E-state index in [4.69, 9.17) is 32.7 Å². The molecule has 0 amide bonds. The lowest BCUT2D eigenvalue weighted by Gasteiger charge is -2.12. The van der Waals surface area contributed by atoms with Crippen LogP contribution in [0.15, 0.2) is 42.5 Å². The Bertz CT molecular complexity index is 651. The average molecular weight is 355 g/mol. The van der Waals surface area contributed by atoms with Crippen molar-refractivity contribution in [2.75, 3.05) is 6.61 Å². The molecule has 4 nitrogen and oxygen atoms in total. The molecule has 0 saturated carbocycles. The van der Waals surface area contributed by atoms with Crippen LogP contribution in [0.2, 0.25) is 10.0 Å². The van der Waals surface area contributed by atoms with Crippen molar-refractivity contribution in [1.29, 1.82) is 0 Å². The van der Waals surface area contributed by atoms with Gasteiger partial charge in [-0.05, 0) is 42.8 Å². The summed E-state index contributed by atoms with van der Waals surface area (Å²) in [5.74, 6) is 0.645. The first-order valence-electron chi connectivity index (χ1n) is 7.05. The number of hydrogen-bond acceptors (Lipinski definition) is 4. The van der Waals surface area contributed by atoms with E-state index in [1.807, 2.05) is 0 Å². The van der Waals surface area contributed by atoms with Crippen molar-refractivity contribution >= 4 is 29.2 Å². The quantitative estimate of drug-likeness (QED) is 0.759. The number of carbonyl (C=O) groups excluding carboxylic acids is 1. The van der Waals surface area contributed by atoms with Gasteiger partial charge in [-0.3, -0.25) is 4.79 Å². The van der Waals surface area contributed by atoms with Crippen molar-refractivity contribution in [1.82, 2.24) is 0 Å². The predicted octanol–water partition coefficient (Wildman–Crippen LogP) is 4.77. The molecule has 0 fully saturated rings. The molecule has 0 aliphatic rings. The molecule has 122 valence electrons. The summed E-state index contributed by atoms with van der Waals surface area (Å²) in [6, 6.07) is 11.7. The minimum atomic E-state index is -0.913. The number of aliphatic hydroxyl groups excluding tert-OH is 1. The molecule has 1 unspecified atom stereocenters. The molecule has 23 heavy (non-hydrogen) atoms. The second-order valence-electron chi connectivity index (χ2n) is 4.80. The fraction of sp³-hybridized carbons (Fsp3) is 0.235. The Morgan fingerprint density at radius 1 is 1.09 bits per heavy atom. The van der Waals surface area contributed by atoms with Crippen LogP contribution >= 0.6 is 23.2 Å². The molecule has 0 spiro atoms. The van der Waals surface area contributed by atoms with Gasteiger partial charge in [-0.1, -0.05) is 35.3 Å². The van der Waals surface area contributed by atoms with E-state index in [2.05, 4.69) is 0 Å². The first-order valence-corrected chi connectivity index (χ1v) is 7.81. The molecular formula is C17H16Cl2O4. The van der Waals surface area contributed by atoms with Gasteiger partial charge in [0.05, 0.1) is 19.1 Å². The van der Waals surface area contributed by atoms with Gasteiger partial charge in [0.2, 0.25) is 0 Å². The molecule has 0 aromatic heterocycles. The third-order valence-electron chi connectivity index (χ3n) is 3.00. The van der Waals surface area contributed by atoms with Crippen LogP contribution in [0.5, 0.6) is 11.5 Å². The van der Waals surface area contributed by atoms with Crippen LogP contribution in [0.3, 0.4) is 0 Å². The van der Waals surface area contributed by atoms with Crippen LogP contribution < -0.4 is 4.74 Å². The summed E-state index contributed by atoms with van der Waals surface area (Å²) in [5.41, 5.74) is 0.606. The molecule has 2 aromatic rings. The van der Waals surface area contributed by atoms with Crippen LogP contribution in [-0.2, 0) is 9.53 Å². The Morgan fingerprint density at radius 2 is 1.70 bits per heavy atom. The highest BCUT2D eigenvalue weighted by atomic mass is 35.5. The van der Waals surface area contributed by atoms with E-state index in [1.54, 1.807) is 49.4 Å². The zero-order valence-electron chi connectivity index (χ0n) is 12.5. The monoisotopic (exact) mass is 354 g/mol. The molecule has 0 aliphatic carbocycles. The minimum absolute atomic E-state index is 0.0854. The van der Waals surface area contributed by atoms with Gasteiger partial charge in [-0.25, -0.2) is 0 Å². The first-order chi connectivity index (χ1) is 11.0. The smallest absolute Gasteiger partial charge is 0.308 e. The molecule has 1 N–H and O–H groups in total. The molecule has 2 aromatic carbocycles. The topological polar surface area (TPSA) is 55.8 Å². The van der Waals surface area contributed by atoms with Gasteiger partial charge >= 0.3 is 5.97 Å². The Kier molecular flexibility index (Phi) is 6.28. The summed E-state index contributed by atoms with van der Waals surface area (Å²) >= 11 is 11.8. The maximum Gasteiger partial charge on any atom is 0.308 e. The van der Waals surface area contributed by atoms with Gasteiger partial charge < -0.3 is 14.6 Å². The van der Waals surface area contributed by atoms with Crippen LogP contribution in [0.4, 0.5) is 0 Å². The number of ether oxygens (including phenoxy) is 2. The van der Waals surface area contributed by atoms with E-state index in [9.17, 15) is 9.90 Å². The van der Waals surface area contributed by atoms with Crippen molar-refractivity contribution in [3.63, 3.8) is 0 Å². The van der Waals surface area contributed by atoms with Gasteiger partial charge in [0.1, 0.15) is 11.5 Å². The van der Waals surface area contributed by atoms with E-state index in [0.29, 0.717) is 33.7 Å². The number of aliphatic hydroxyl groups is 1. The van der Waals surface area contributed by atoms with Gasteiger partial charge in [0.15, 0.2) is 0 Å². The summed E-state index contributed by atoms with van der Waals surface area (Å²) in [4.78, 5) is 11.4. The van der Waals surface area contributed by atoms with Crippen LogP contribution in [0.1, 0.15) is 25.0 Å². The number of rotatable bonds is 6. The van der Waals surface area contributed by atoms with Crippen molar-refractivity contribution < 1.29 is 19.4 Å². The predicted molar refractivity (Wildman–Crippen MR) is 89.2 cm³/mol. The molecule has 0 saturated heterocycles. The first kappa shape index (κ1) is 17.6. The zero-order chi connectivity index (χ0) is 16.8. The highest BCUT2D eigenvalue weighted by Gasteiger charge is 2.14. The largest absolute Gasteiger partial charge is 0.466 e. The van der Waals surface area contributed by atoms with Crippen LogP contribution in [0.25, 0.3) is 0 Å². The molecule has 2 rings (SSSR count). The van der Waals surface area contributed by atoms with Crippen LogP contribution in [-0.4, -0.2) is 17.7 Å². The zero-order valence-corrected chi connectivity index (χ0v) is 14.0. The highest BCUT2D eigenvalue weighted by molar-refractivity contribution is 6.34. The fourth-order valence-corrected chi connectivity index (χ4v) is 2.48. The molecule has 0 bridgehead atoms. The molecule has 0 radical (unpaired) electrons. The van der Waals surface area contributed by atoms with Crippen LogP contribution in [0, 0.1) is 0 Å². The third-order valence-corrected chi connectivity index (χ3v) is 3.44. The van der Waals surface area contributed by atoms with E-state index in [-0.39, 0.29) is 6.42 Å². The van der Waals surface area contributed by atoms with Crippen molar-refractivity contribution in [3.8, 4) is 11.5 Å². The summed E-state index contributed by atoms with van der Waals surface area (Å²) in [6.07, 6.45) is -0.999. The lowest BCUT2D eigenvalue weighted by atomic mass is 10.1. The van der Waals surface area contributed by atoms with Crippen molar-refractivity contribution in [2.24, 2.45) is 0 Å². The molecule has 1 atom stereocenters. The number of carbonyl (C=O) groups is 1. The summed E-state index contributed by atoms with van der Waals surface area (Å²) < 4.78 is 10.5. The molecular weight excluding hydrogens is 339 g/mol. The number of halogens is 2. The Hall–Kier alpha value is -1.75. The Morgan fingerprint density at radius 3 is 2.26 bits per heavy atom. The standard InChI is InChI=1S/C17H16Cl2O4/c1-2-22-17(21)10-16(20)11-3-5-14(6-4-11)23-15-8-12(18)7-13(19)9-15/h3-9,16,20H,2,10H2,1H3. The third kappa shape index (κ3) is 5.43. The molecule has 0 aliphatic heterocycles. The number of hydrogen-bond donors (Lipinski definition) is 1. The average Bonchev–Trinajstić information content (AvgIpc) is 2.47. The van der Waals surface area contributed by atoms with E-state index in [0.717, 1.165) is 0 Å². The maximum atomic E-state index is 11.4. The molecule has 0 heterocycles. The van der Waals surface area contributed by atoms with E-state index in [1.165, 1.54) is 0 Å². The normalized spacial score (nSPS) is 11.8. The summed E-state index contributed by atoms with van der Waals surface area (Å²) in [6.45, 7) is 2.01. The minimum Gasteiger partial charge on any atom is -0.466 e. The van der Waals surface area contributed by atoms with Crippen molar-refractivity contribution in [3.05, 3.63) is 58.1 Å².